The third kappa shape index (κ3) is 4.52. The third-order valence-corrected chi connectivity index (χ3v) is 5.05. The van der Waals surface area contributed by atoms with Crippen LogP contribution in [-0.2, 0) is 13.1 Å². The number of rotatable bonds is 6. The van der Waals surface area contributed by atoms with Crippen molar-refractivity contribution in [1.82, 2.24) is 19.7 Å². The van der Waals surface area contributed by atoms with Crippen LogP contribution in [0.3, 0.4) is 0 Å². The van der Waals surface area contributed by atoms with Gasteiger partial charge in [-0.1, -0.05) is 24.3 Å². The lowest BCUT2D eigenvalue weighted by Gasteiger charge is -2.32. The monoisotopic (exact) mass is 365 g/mol. The van der Waals surface area contributed by atoms with E-state index in [2.05, 4.69) is 26.4 Å². The molecule has 4 rings (SSSR count). The van der Waals surface area contributed by atoms with E-state index in [0.29, 0.717) is 18.2 Å². The molecular weight excluding hydrogens is 341 g/mol. The van der Waals surface area contributed by atoms with Gasteiger partial charge in [0.2, 0.25) is 0 Å². The van der Waals surface area contributed by atoms with Crippen molar-refractivity contribution in [3.63, 3.8) is 0 Å². The first kappa shape index (κ1) is 17.7. The summed E-state index contributed by atoms with van der Waals surface area (Å²) in [5.41, 5.74) is 1.77. The number of likely N-dealkylation sites (tertiary alicyclic amines) is 1. The second-order valence-electron chi connectivity index (χ2n) is 6.98. The summed E-state index contributed by atoms with van der Waals surface area (Å²) in [6.07, 6.45) is 5.75. The van der Waals surface area contributed by atoms with E-state index in [0.717, 1.165) is 44.0 Å². The van der Waals surface area contributed by atoms with Crippen molar-refractivity contribution in [3.05, 3.63) is 78.0 Å². The fourth-order valence-corrected chi connectivity index (χ4v) is 3.53. The maximum Gasteiger partial charge on any atom is 0.128 e. The highest BCUT2D eigenvalue weighted by Crippen LogP contribution is 2.19. The first-order valence-electron chi connectivity index (χ1n) is 9.42. The highest BCUT2D eigenvalue weighted by Gasteiger charge is 2.20. The van der Waals surface area contributed by atoms with Gasteiger partial charge in [0.15, 0.2) is 0 Å². The summed E-state index contributed by atoms with van der Waals surface area (Å²) >= 11 is 0. The van der Waals surface area contributed by atoms with Gasteiger partial charge < -0.3 is 5.32 Å². The maximum absolute atomic E-state index is 13.9. The molecule has 2 aromatic heterocycles. The number of piperidine rings is 1. The van der Waals surface area contributed by atoms with E-state index in [1.54, 1.807) is 18.3 Å². The smallest absolute Gasteiger partial charge is 0.128 e. The van der Waals surface area contributed by atoms with Crippen molar-refractivity contribution >= 4 is 5.82 Å². The molecule has 0 atom stereocenters. The molecule has 0 saturated carbocycles. The van der Waals surface area contributed by atoms with E-state index >= 15 is 0 Å². The lowest BCUT2D eigenvalue weighted by molar-refractivity contribution is 0.209. The summed E-state index contributed by atoms with van der Waals surface area (Å²) in [7, 11) is 0. The Morgan fingerprint density at radius 3 is 2.56 bits per heavy atom. The standard InChI is InChI=1S/C21H24FN5/c22-20-7-2-1-5-17(20)15-27-21(8-12-24-27)25-18-9-13-26(14-10-18)16-19-6-3-4-11-23-19/h1-8,11-12,18,25H,9-10,13-16H2. The van der Waals surface area contributed by atoms with Gasteiger partial charge >= 0.3 is 0 Å². The number of pyridine rings is 1. The zero-order valence-corrected chi connectivity index (χ0v) is 15.3. The molecule has 5 nitrogen and oxygen atoms in total. The minimum atomic E-state index is -0.193. The van der Waals surface area contributed by atoms with Gasteiger partial charge in [0.1, 0.15) is 11.6 Å². The molecule has 1 aliphatic heterocycles. The van der Waals surface area contributed by atoms with Crippen molar-refractivity contribution in [2.45, 2.75) is 32.0 Å². The summed E-state index contributed by atoms with van der Waals surface area (Å²) in [6.45, 7) is 3.41. The van der Waals surface area contributed by atoms with Gasteiger partial charge in [0.05, 0.1) is 18.4 Å². The Morgan fingerprint density at radius 1 is 0.963 bits per heavy atom. The molecule has 0 spiro atoms. The fraction of sp³-hybridized carbons (Fsp3) is 0.333. The molecule has 0 unspecified atom stereocenters. The Bertz CT molecular complexity index is 856. The van der Waals surface area contributed by atoms with E-state index in [1.165, 1.54) is 6.07 Å². The first-order valence-corrected chi connectivity index (χ1v) is 9.42. The molecule has 1 aliphatic rings. The predicted octanol–water partition coefficient (Wildman–Crippen LogP) is 3.54. The lowest BCUT2D eigenvalue weighted by atomic mass is 10.0. The van der Waals surface area contributed by atoms with E-state index in [4.69, 9.17) is 0 Å². The maximum atomic E-state index is 13.9. The van der Waals surface area contributed by atoms with Crippen molar-refractivity contribution in [1.29, 1.82) is 0 Å². The minimum Gasteiger partial charge on any atom is -0.367 e. The average Bonchev–Trinajstić information content (AvgIpc) is 3.13. The fourth-order valence-electron chi connectivity index (χ4n) is 3.53. The van der Waals surface area contributed by atoms with Gasteiger partial charge in [-0.05, 0) is 31.0 Å². The van der Waals surface area contributed by atoms with Gasteiger partial charge in [-0.15, -0.1) is 0 Å². The minimum absolute atomic E-state index is 0.193. The Hall–Kier alpha value is -2.73. The Balaban J connectivity index is 1.32. The molecule has 0 radical (unpaired) electrons. The van der Waals surface area contributed by atoms with Crippen molar-refractivity contribution in [3.8, 4) is 0 Å². The van der Waals surface area contributed by atoms with Crippen LogP contribution in [0, 0.1) is 5.82 Å². The number of halogens is 1. The number of hydrogen-bond donors (Lipinski definition) is 1. The van der Waals surface area contributed by atoms with Gasteiger partial charge in [-0.2, -0.15) is 5.10 Å². The molecule has 1 fully saturated rings. The van der Waals surface area contributed by atoms with E-state index < -0.39 is 0 Å². The average molecular weight is 365 g/mol. The van der Waals surface area contributed by atoms with Crippen molar-refractivity contribution in [2.24, 2.45) is 0 Å². The SMILES string of the molecule is Fc1ccccc1Cn1nccc1NC1CCN(Cc2ccccn2)CC1. The lowest BCUT2D eigenvalue weighted by Crippen LogP contribution is -2.39. The van der Waals surface area contributed by atoms with Crippen molar-refractivity contribution in [2.75, 3.05) is 18.4 Å². The summed E-state index contributed by atoms with van der Waals surface area (Å²) in [5, 5.41) is 7.95. The molecule has 6 heteroatoms. The number of benzene rings is 1. The molecule has 0 aliphatic carbocycles. The van der Waals surface area contributed by atoms with Crippen LogP contribution in [0.25, 0.3) is 0 Å². The third-order valence-electron chi connectivity index (χ3n) is 5.05. The molecular formula is C21H24FN5. The molecule has 0 amide bonds. The largest absolute Gasteiger partial charge is 0.367 e. The number of nitrogens with zero attached hydrogens (tertiary/aromatic N) is 4. The van der Waals surface area contributed by atoms with Crippen LogP contribution in [0.1, 0.15) is 24.1 Å². The van der Waals surface area contributed by atoms with Crippen LogP contribution in [0.5, 0.6) is 0 Å². The van der Waals surface area contributed by atoms with Crippen LogP contribution in [0.15, 0.2) is 60.9 Å². The molecule has 27 heavy (non-hydrogen) atoms. The number of aromatic nitrogens is 3. The quantitative estimate of drug-likeness (QED) is 0.726. The Labute approximate surface area is 158 Å². The Kier molecular flexibility index (Phi) is 5.44. The van der Waals surface area contributed by atoms with Crippen LogP contribution in [-0.4, -0.2) is 38.8 Å². The van der Waals surface area contributed by atoms with Crippen molar-refractivity contribution < 1.29 is 4.39 Å². The molecule has 3 heterocycles. The Morgan fingerprint density at radius 2 is 1.78 bits per heavy atom. The molecule has 1 saturated heterocycles. The summed E-state index contributed by atoms with van der Waals surface area (Å²) in [6, 6.07) is 15.3. The number of nitrogens with one attached hydrogen (secondary N) is 1. The van der Waals surface area contributed by atoms with Crippen LogP contribution >= 0.6 is 0 Å². The highest BCUT2D eigenvalue weighted by atomic mass is 19.1. The summed E-state index contributed by atoms with van der Waals surface area (Å²) in [4.78, 5) is 6.85. The number of hydrogen-bond acceptors (Lipinski definition) is 4. The summed E-state index contributed by atoms with van der Waals surface area (Å²) < 4.78 is 15.8. The van der Waals surface area contributed by atoms with Crippen LogP contribution in [0.2, 0.25) is 0 Å². The second kappa shape index (κ2) is 8.31. The van der Waals surface area contributed by atoms with Crippen LogP contribution in [0.4, 0.5) is 10.2 Å². The van der Waals surface area contributed by atoms with Gasteiger partial charge in [0.25, 0.3) is 0 Å². The molecule has 140 valence electrons. The van der Waals surface area contributed by atoms with Gasteiger partial charge in [-0.25, -0.2) is 9.07 Å². The molecule has 3 aromatic rings. The van der Waals surface area contributed by atoms with E-state index in [1.807, 2.05) is 35.1 Å². The summed E-state index contributed by atoms with van der Waals surface area (Å²) in [5.74, 6) is 0.753. The van der Waals surface area contributed by atoms with E-state index in [9.17, 15) is 4.39 Å². The highest BCUT2D eigenvalue weighted by molar-refractivity contribution is 5.36. The first-order chi connectivity index (χ1) is 13.3. The normalized spacial score (nSPS) is 15.7. The zero-order valence-electron chi connectivity index (χ0n) is 15.3. The van der Waals surface area contributed by atoms with E-state index in [-0.39, 0.29) is 5.82 Å². The van der Waals surface area contributed by atoms with Gasteiger partial charge in [0, 0.05) is 43.5 Å². The molecule has 1 N–H and O–H groups in total. The predicted molar refractivity (Wildman–Crippen MR) is 104 cm³/mol. The second-order valence-corrected chi connectivity index (χ2v) is 6.98. The molecule has 1 aromatic carbocycles. The zero-order chi connectivity index (χ0) is 18.5. The van der Waals surface area contributed by atoms with Crippen LogP contribution < -0.4 is 5.32 Å². The topological polar surface area (TPSA) is 46.0 Å². The number of anilines is 1. The van der Waals surface area contributed by atoms with Gasteiger partial charge in [-0.3, -0.25) is 9.88 Å². The molecule has 0 bridgehead atoms.